The fraction of sp³-hybridized carbons (Fsp3) is 0.571. The van der Waals surface area contributed by atoms with Crippen molar-refractivity contribution in [3.05, 3.63) is 23.7 Å². The highest BCUT2D eigenvalue weighted by Crippen LogP contribution is 2.08. The molecule has 0 saturated heterocycles. The number of nitrogens with zero attached hydrogens (tertiary/aromatic N) is 2. The summed E-state index contributed by atoms with van der Waals surface area (Å²) in [5.74, 6) is 1.95. The minimum absolute atomic E-state index is 0.418. The molecule has 1 rings (SSSR count). The van der Waals surface area contributed by atoms with Crippen LogP contribution in [0.1, 0.15) is 51.1 Å². The normalized spacial score (nSPS) is 12.9. The van der Waals surface area contributed by atoms with Crippen LogP contribution < -0.4 is 11.5 Å². The third kappa shape index (κ3) is 5.16. The van der Waals surface area contributed by atoms with Gasteiger partial charge < -0.3 is 15.9 Å². The topological polar surface area (TPSA) is 89.9 Å². The zero-order valence-electron chi connectivity index (χ0n) is 11.9. The number of amidine groups is 2. The molecule has 0 saturated carbocycles. The van der Waals surface area contributed by atoms with E-state index in [4.69, 9.17) is 15.9 Å². The summed E-state index contributed by atoms with van der Waals surface area (Å²) in [6.07, 6.45) is 4.23. The van der Waals surface area contributed by atoms with Crippen molar-refractivity contribution in [1.29, 1.82) is 0 Å². The Morgan fingerprint density at radius 2 is 1.37 bits per heavy atom. The van der Waals surface area contributed by atoms with Gasteiger partial charge in [-0.2, -0.15) is 0 Å². The quantitative estimate of drug-likeness (QED) is 0.429. The van der Waals surface area contributed by atoms with E-state index in [1.807, 2.05) is 0 Å². The molecule has 1 aromatic rings. The molecule has 0 bridgehead atoms. The average molecular weight is 264 g/mol. The van der Waals surface area contributed by atoms with Crippen molar-refractivity contribution in [1.82, 2.24) is 0 Å². The fourth-order valence-electron chi connectivity index (χ4n) is 1.48. The number of hydrogen-bond donors (Lipinski definition) is 2. The van der Waals surface area contributed by atoms with Gasteiger partial charge in [-0.25, -0.2) is 0 Å². The molecule has 0 radical (unpaired) electrons. The van der Waals surface area contributed by atoms with E-state index in [2.05, 4.69) is 23.8 Å². The molecule has 0 aliphatic heterocycles. The van der Waals surface area contributed by atoms with Gasteiger partial charge in [0.1, 0.15) is 0 Å². The van der Waals surface area contributed by atoms with Crippen molar-refractivity contribution in [3.8, 4) is 0 Å². The predicted molar refractivity (Wildman–Crippen MR) is 79.7 cm³/mol. The highest BCUT2D eigenvalue weighted by molar-refractivity contribution is 5.98. The highest BCUT2D eigenvalue weighted by atomic mass is 16.3. The monoisotopic (exact) mass is 264 g/mol. The maximum absolute atomic E-state index is 5.85. The number of rotatable bonds is 8. The van der Waals surface area contributed by atoms with E-state index >= 15 is 0 Å². The van der Waals surface area contributed by atoms with Gasteiger partial charge in [0.25, 0.3) is 0 Å². The van der Waals surface area contributed by atoms with E-state index < -0.39 is 0 Å². The molecule has 19 heavy (non-hydrogen) atoms. The molecule has 0 spiro atoms. The Kier molecular flexibility index (Phi) is 6.71. The zero-order valence-corrected chi connectivity index (χ0v) is 11.9. The van der Waals surface area contributed by atoms with Gasteiger partial charge in [-0.05, 0) is 25.0 Å². The average Bonchev–Trinajstić information content (AvgIpc) is 2.89. The Bertz CT molecular complexity index is 396. The number of aliphatic imine (C=N–C) groups is 2. The number of unbranched alkanes of at least 4 members (excludes halogenated alkanes) is 2. The maximum Gasteiger partial charge on any atom is 0.169 e. The van der Waals surface area contributed by atoms with Crippen LogP contribution in [0, 0.1) is 0 Å². The summed E-state index contributed by atoms with van der Waals surface area (Å²) in [7, 11) is 0. The Labute approximate surface area is 114 Å². The minimum Gasteiger partial charge on any atom is -0.450 e. The van der Waals surface area contributed by atoms with Crippen molar-refractivity contribution in [3.63, 3.8) is 0 Å². The second-order valence-corrected chi connectivity index (χ2v) is 4.40. The van der Waals surface area contributed by atoms with E-state index in [0.717, 1.165) is 38.8 Å². The zero-order chi connectivity index (χ0) is 14.1. The number of nitrogens with two attached hydrogens (primary N) is 2. The first-order chi connectivity index (χ1) is 9.19. The lowest BCUT2D eigenvalue weighted by atomic mass is 10.3. The standard InChI is InChI=1S/C14H24N4O/c1-3-5-9-17-13(15)11-7-8-12(19-11)14(16)18-10-6-4-2/h7-8H,3-6,9-10H2,1-2H3,(H2,15,17)(H2,16,18). The first-order valence-electron chi connectivity index (χ1n) is 6.89. The number of furan rings is 1. The molecule has 0 aromatic carbocycles. The molecule has 0 atom stereocenters. The Balaban J connectivity index is 2.65. The van der Waals surface area contributed by atoms with Gasteiger partial charge in [-0.1, -0.05) is 26.7 Å². The third-order valence-corrected chi connectivity index (χ3v) is 2.70. The molecule has 0 fully saturated rings. The van der Waals surface area contributed by atoms with Crippen molar-refractivity contribution < 1.29 is 4.42 Å². The SMILES string of the molecule is CCCCN=C(N)c1ccc(C(N)=NCCCC)o1. The highest BCUT2D eigenvalue weighted by Gasteiger charge is 2.08. The summed E-state index contributed by atoms with van der Waals surface area (Å²) < 4.78 is 5.56. The lowest BCUT2D eigenvalue weighted by Gasteiger charge is -1.98. The van der Waals surface area contributed by atoms with Crippen molar-refractivity contribution in [2.75, 3.05) is 13.1 Å². The second-order valence-electron chi connectivity index (χ2n) is 4.40. The van der Waals surface area contributed by atoms with Gasteiger partial charge in [0.2, 0.25) is 0 Å². The van der Waals surface area contributed by atoms with Crippen LogP contribution in [0.2, 0.25) is 0 Å². The van der Waals surface area contributed by atoms with Crippen molar-refractivity contribution in [2.45, 2.75) is 39.5 Å². The Morgan fingerprint density at radius 1 is 0.947 bits per heavy atom. The molecule has 0 aliphatic carbocycles. The molecule has 1 heterocycles. The first-order valence-corrected chi connectivity index (χ1v) is 6.89. The van der Waals surface area contributed by atoms with E-state index in [1.54, 1.807) is 12.1 Å². The Morgan fingerprint density at radius 3 is 1.74 bits per heavy atom. The van der Waals surface area contributed by atoms with E-state index in [0.29, 0.717) is 23.2 Å². The molecular weight excluding hydrogens is 240 g/mol. The van der Waals surface area contributed by atoms with Gasteiger partial charge >= 0.3 is 0 Å². The smallest absolute Gasteiger partial charge is 0.169 e. The molecule has 4 N–H and O–H groups in total. The van der Waals surface area contributed by atoms with Crippen LogP contribution in [0.5, 0.6) is 0 Å². The molecule has 5 heteroatoms. The largest absolute Gasteiger partial charge is 0.450 e. The van der Waals surface area contributed by atoms with Crippen LogP contribution in [0.3, 0.4) is 0 Å². The van der Waals surface area contributed by atoms with Crippen LogP contribution >= 0.6 is 0 Å². The summed E-state index contributed by atoms with van der Waals surface area (Å²) in [6, 6.07) is 3.56. The summed E-state index contributed by atoms with van der Waals surface area (Å²) in [5, 5.41) is 0. The molecule has 1 aromatic heterocycles. The van der Waals surface area contributed by atoms with Gasteiger partial charge in [-0.15, -0.1) is 0 Å². The summed E-state index contributed by atoms with van der Waals surface area (Å²) in [5.41, 5.74) is 11.7. The van der Waals surface area contributed by atoms with Crippen LogP contribution in [0.15, 0.2) is 26.5 Å². The van der Waals surface area contributed by atoms with E-state index in [-0.39, 0.29) is 0 Å². The predicted octanol–water partition coefficient (Wildman–Crippen LogP) is 2.29. The third-order valence-electron chi connectivity index (χ3n) is 2.70. The molecule has 5 nitrogen and oxygen atoms in total. The Hall–Kier alpha value is -1.78. The van der Waals surface area contributed by atoms with E-state index in [9.17, 15) is 0 Å². The van der Waals surface area contributed by atoms with Crippen molar-refractivity contribution in [2.24, 2.45) is 21.5 Å². The maximum atomic E-state index is 5.85. The molecule has 0 amide bonds. The van der Waals surface area contributed by atoms with Gasteiger partial charge in [0, 0.05) is 13.1 Å². The summed E-state index contributed by atoms with van der Waals surface area (Å²) >= 11 is 0. The van der Waals surface area contributed by atoms with Crippen LogP contribution in [-0.4, -0.2) is 24.8 Å². The van der Waals surface area contributed by atoms with Crippen molar-refractivity contribution >= 4 is 11.7 Å². The molecular formula is C14H24N4O. The fourth-order valence-corrected chi connectivity index (χ4v) is 1.48. The summed E-state index contributed by atoms with van der Waals surface area (Å²) in [6.45, 7) is 5.67. The van der Waals surface area contributed by atoms with Crippen LogP contribution in [0.4, 0.5) is 0 Å². The van der Waals surface area contributed by atoms with Crippen LogP contribution in [-0.2, 0) is 0 Å². The summed E-state index contributed by atoms with van der Waals surface area (Å²) in [4.78, 5) is 8.50. The molecule has 106 valence electrons. The second kappa shape index (κ2) is 8.34. The van der Waals surface area contributed by atoms with Gasteiger partial charge in [0.15, 0.2) is 23.2 Å². The number of hydrogen-bond acceptors (Lipinski definition) is 3. The minimum atomic E-state index is 0.418. The van der Waals surface area contributed by atoms with Gasteiger partial charge in [0.05, 0.1) is 0 Å². The van der Waals surface area contributed by atoms with E-state index in [1.165, 1.54) is 0 Å². The first kappa shape index (κ1) is 15.3. The molecule has 0 aliphatic rings. The van der Waals surface area contributed by atoms with Gasteiger partial charge in [-0.3, -0.25) is 9.98 Å². The van der Waals surface area contributed by atoms with Crippen LogP contribution in [0.25, 0.3) is 0 Å². The molecule has 0 unspecified atom stereocenters. The lowest BCUT2D eigenvalue weighted by Crippen LogP contribution is -2.15. The lowest BCUT2D eigenvalue weighted by molar-refractivity contribution is 0.545.